The third-order valence-corrected chi connectivity index (χ3v) is 4.49. The highest BCUT2D eigenvalue weighted by Gasteiger charge is 2.38. The molecule has 0 aromatic heterocycles. The van der Waals surface area contributed by atoms with Gasteiger partial charge < -0.3 is 10.0 Å². The smallest absolute Gasteiger partial charge is 0.310 e. The van der Waals surface area contributed by atoms with E-state index in [2.05, 4.69) is 13.8 Å². The van der Waals surface area contributed by atoms with E-state index in [0.29, 0.717) is 12.8 Å². The molecule has 0 aromatic rings. The molecule has 0 bridgehead atoms. The number of carbonyl (C=O) groups excluding carboxylic acids is 1. The summed E-state index contributed by atoms with van der Waals surface area (Å²) in [5.74, 6) is -0.866. The van der Waals surface area contributed by atoms with Crippen LogP contribution in [0.3, 0.4) is 0 Å². The number of aliphatic carboxylic acids is 1. The Morgan fingerprint density at radius 3 is 2.05 bits per heavy atom. The summed E-state index contributed by atoms with van der Waals surface area (Å²) in [5.41, 5.74) is -0.908. The number of carboxylic acids is 1. The SMILES string of the molecule is CCCCN(C(=O)CC(CC)(CC)C(=O)O)C(C)CC. The molecule has 0 heterocycles. The van der Waals surface area contributed by atoms with E-state index in [1.54, 1.807) is 0 Å². The highest BCUT2D eigenvalue weighted by atomic mass is 16.4. The van der Waals surface area contributed by atoms with Crippen molar-refractivity contribution in [3.05, 3.63) is 0 Å². The zero-order chi connectivity index (χ0) is 15.8. The second-order valence-corrected chi connectivity index (χ2v) is 5.67. The summed E-state index contributed by atoms with van der Waals surface area (Å²) >= 11 is 0. The maximum atomic E-state index is 12.5. The van der Waals surface area contributed by atoms with Gasteiger partial charge >= 0.3 is 5.97 Å². The van der Waals surface area contributed by atoms with E-state index in [-0.39, 0.29) is 18.4 Å². The summed E-state index contributed by atoms with van der Waals surface area (Å²) in [7, 11) is 0. The van der Waals surface area contributed by atoms with Crippen LogP contribution in [-0.2, 0) is 9.59 Å². The van der Waals surface area contributed by atoms with E-state index in [1.807, 2.05) is 25.7 Å². The molecule has 1 unspecified atom stereocenters. The number of amides is 1. The van der Waals surface area contributed by atoms with Gasteiger partial charge in [0, 0.05) is 19.0 Å². The predicted octanol–water partition coefficient (Wildman–Crippen LogP) is 3.69. The minimum absolute atomic E-state index is 0.0149. The lowest BCUT2D eigenvalue weighted by atomic mass is 9.78. The first-order valence-corrected chi connectivity index (χ1v) is 7.91. The molecule has 20 heavy (non-hydrogen) atoms. The topological polar surface area (TPSA) is 57.6 Å². The van der Waals surface area contributed by atoms with Crippen LogP contribution in [0.2, 0.25) is 0 Å². The molecule has 0 fully saturated rings. The monoisotopic (exact) mass is 285 g/mol. The molecule has 1 N–H and O–H groups in total. The summed E-state index contributed by atoms with van der Waals surface area (Å²) < 4.78 is 0. The molecule has 0 rings (SSSR count). The summed E-state index contributed by atoms with van der Waals surface area (Å²) in [6, 6.07) is 0.175. The highest BCUT2D eigenvalue weighted by Crippen LogP contribution is 2.32. The van der Waals surface area contributed by atoms with Crippen molar-refractivity contribution < 1.29 is 14.7 Å². The fraction of sp³-hybridized carbons (Fsp3) is 0.875. The number of carboxylic acid groups (broad SMARTS) is 1. The van der Waals surface area contributed by atoms with Gasteiger partial charge in [0.1, 0.15) is 0 Å². The van der Waals surface area contributed by atoms with Crippen LogP contribution in [0.4, 0.5) is 0 Å². The lowest BCUT2D eigenvalue weighted by Gasteiger charge is -2.33. The molecule has 0 aromatic carbocycles. The van der Waals surface area contributed by atoms with Crippen LogP contribution >= 0.6 is 0 Å². The summed E-state index contributed by atoms with van der Waals surface area (Å²) in [6.07, 6.45) is 4.00. The van der Waals surface area contributed by atoms with Crippen molar-refractivity contribution in [3.63, 3.8) is 0 Å². The maximum Gasteiger partial charge on any atom is 0.310 e. The summed E-state index contributed by atoms with van der Waals surface area (Å²) in [5, 5.41) is 9.46. The molecule has 4 heteroatoms. The maximum absolute atomic E-state index is 12.5. The van der Waals surface area contributed by atoms with Crippen LogP contribution in [0.15, 0.2) is 0 Å². The number of rotatable bonds is 10. The lowest BCUT2D eigenvalue weighted by molar-refractivity contribution is -0.155. The minimum atomic E-state index is -0.908. The van der Waals surface area contributed by atoms with Gasteiger partial charge in [-0.2, -0.15) is 0 Å². The van der Waals surface area contributed by atoms with E-state index in [4.69, 9.17) is 0 Å². The second kappa shape index (κ2) is 8.98. The highest BCUT2D eigenvalue weighted by molar-refractivity contribution is 5.85. The Morgan fingerprint density at radius 1 is 1.15 bits per heavy atom. The first-order chi connectivity index (χ1) is 9.38. The molecule has 4 nitrogen and oxygen atoms in total. The van der Waals surface area contributed by atoms with Crippen LogP contribution in [0.1, 0.15) is 73.1 Å². The van der Waals surface area contributed by atoms with Gasteiger partial charge in [-0.3, -0.25) is 9.59 Å². The van der Waals surface area contributed by atoms with E-state index in [1.165, 1.54) is 0 Å². The van der Waals surface area contributed by atoms with Gasteiger partial charge in [-0.05, 0) is 32.6 Å². The zero-order valence-electron chi connectivity index (χ0n) is 13.7. The standard InChI is InChI=1S/C16H31NO3/c1-6-10-11-17(13(5)7-2)14(18)12-16(8-3,9-4)15(19)20/h13H,6-12H2,1-5H3,(H,19,20). The van der Waals surface area contributed by atoms with Crippen LogP contribution in [0.5, 0.6) is 0 Å². The average molecular weight is 285 g/mol. The minimum Gasteiger partial charge on any atom is -0.481 e. The quantitative estimate of drug-likeness (QED) is 0.666. The zero-order valence-corrected chi connectivity index (χ0v) is 13.7. The molecule has 1 amide bonds. The number of carbonyl (C=O) groups is 2. The summed E-state index contributed by atoms with van der Waals surface area (Å²) in [6.45, 7) is 10.6. The average Bonchev–Trinajstić information content (AvgIpc) is 2.44. The summed E-state index contributed by atoms with van der Waals surface area (Å²) in [4.78, 5) is 25.9. The van der Waals surface area contributed by atoms with Crippen molar-refractivity contribution in [2.75, 3.05) is 6.54 Å². The molecule has 0 aliphatic rings. The molecule has 118 valence electrons. The van der Waals surface area contributed by atoms with Gasteiger partial charge in [-0.25, -0.2) is 0 Å². The van der Waals surface area contributed by atoms with Crippen LogP contribution in [0, 0.1) is 5.41 Å². The first kappa shape index (κ1) is 18.9. The Bertz CT molecular complexity index is 311. The normalized spacial score (nSPS) is 13.1. The molecule has 1 atom stereocenters. The molecule has 0 saturated carbocycles. The van der Waals surface area contributed by atoms with E-state index in [9.17, 15) is 14.7 Å². The van der Waals surface area contributed by atoms with Gasteiger partial charge in [-0.15, -0.1) is 0 Å². The molecular formula is C16H31NO3. The van der Waals surface area contributed by atoms with E-state index in [0.717, 1.165) is 25.8 Å². The van der Waals surface area contributed by atoms with Crippen molar-refractivity contribution in [2.45, 2.75) is 79.2 Å². The fourth-order valence-electron chi connectivity index (χ4n) is 2.41. The van der Waals surface area contributed by atoms with Crippen molar-refractivity contribution in [1.29, 1.82) is 0 Å². The third kappa shape index (κ3) is 4.80. The van der Waals surface area contributed by atoms with Crippen LogP contribution < -0.4 is 0 Å². The van der Waals surface area contributed by atoms with Gasteiger partial charge in [-0.1, -0.05) is 34.1 Å². The molecular weight excluding hydrogens is 254 g/mol. The lowest BCUT2D eigenvalue weighted by Crippen LogP contribution is -2.43. The molecule has 0 aliphatic carbocycles. The van der Waals surface area contributed by atoms with E-state index >= 15 is 0 Å². The Labute approximate surface area is 123 Å². The predicted molar refractivity (Wildman–Crippen MR) is 81.6 cm³/mol. The first-order valence-electron chi connectivity index (χ1n) is 7.91. The van der Waals surface area contributed by atoms with Crippen molar-refractivity contribution in [1.82, 2.24) is 4.90 Å². The Hall–Kier alpha value is -1.06. The Kier molecular flexibility index (Phi) is 8.51. The van der Waals surface area contributed by atoms with Crippen LogP contribution in [0.25, 0.3) is 0 Å². The number of hydrogen-bond donors (Lipinski definition) is 1. The third-order valence-electron chi connectivity index (χ3n) is 4.49. The Morgan fingerprint density at radius 2 is 1.70 bits per heavy atom. The Balaban J connectivity index is 5.01. The van der Waals surface area contributed by atoms with Crippen molar-refractivity contribution in [2.24, 2.45) is 5.41 Å². The van der Waals surface area contributed by atoms with Gasteiger partial charge in [0.05, 0.1) is 5.41 Å². The number of hydrogen-bond acceptors (Lipinski definition) is 2. The van der Waals surface area contributed by atoms with Gasteiger partial charge in [0.25, 0.3) is 0 Å². The second-order valence-electron chi connectivity index (χ2n) is 5.67. The van der Waals surface area contributed by atoms with Crippen molar-refractivity contribution in [3.8, 4) is 0 Å². The van der Waals surface area contributed by atoms with Crippen molar-refractivity contribution >= 4 is 11.9 Å². The molecule has 0 radical (unpaired) electrons. The molecule has 0 spiro atoms. The van der Waals surface area contributed by atoms with E-state index < -0.39 is 11.4 Å². The van der Waals surface area contributed by atoms with Crippen LogP contribution in [-0.4, -0.2) is 34.5 Å². The number of unbranched alkanes of at least 4 members (excludes halogenated alkanes) is 1. The largest absolute Gasteiger partial charge is 0.481 e. The molecule has 0 aliphatic heterocycles. The number of nitrogens with zero attached hydrogens (tertiary/aromatic N) is 1. The van der Waals surface area contributed by atoms with Gasteiger partial charge in [0.15, 0.2) is 0 Å². The van der Waals surface area contributed by atoms with Gasteiger partial charge in [0.2, 0.25) is 5.91 Å². The molecule has 0 saturated heterocycles. The fourth-order valence-corrected chi connectivity index (χ4v) is 2.41.